The van der Waals surface area contributed by atoms with Crippen LogP contribution in [-0.2, 0) is 0 Å². The normalized spacial score (nSPS) is 10.1. The zero-order chi connectivity index (χ0) is 13.1. The molecule has 0 amide bonds. The number of hydrogen-bond acceptors (Lipinski definition) is 5. The van der Waals surface area contributed by atoms with Crippen molar-refractivity contribution < 1.29 is 18.9 Å². The third-order valence-electron chi connectivity index (χ3n) is 2.05. The Bertz CT molecular complexity index is 607. The van der Waals surface area contributed by atoms with Gasteiger partial charge in [0.15, 0.2) is 12.0 Å². The topological polar surface area (TPSA) is 82.6 Å². The van der Waals surface area contributed by atoms with Gasteiger partial charge in [0.2, 0.25) is 5.75 Å². The molecule has 6 nitrogen and oxygen atoms in total. The summed E-state index contributed by atoms with van der Waals surface area (Å²) < 4.78 is 10.1. The number of carbonyl (C=O) groups is 1. The summed E-state index contributed by atoms with van der Waals surface area (Å²) in [6.45, 7) is 0. The van der Waals surface area contributed by atoms with Gasteiger partial charge in [-0.25, -0.2) is 0 Å². The highest BCUT2D eigenvalue weighted by atomic mass is 35.5. The largest absolute Gasteiger partial charge is 0.422 e. The van der Waals surface area contributed by atoms with E-state index in [1.54, 1.807) is 0 Å². The van der Waals surface area contributed by atoms with E-state index in [1.165, 1.54) is 30.3 Å². The van der Waals surface area contributed by atoms with Gasteiger partial charge in [-0.15, -0.1) is 0 Å². The van der Waals surface area contributed by atoms with Gasteiger partial charge in [-0.05, 0) is 12.1 Å². The molecule has 1 aromatic carbocycles. The maximum atomic E-state index is 10.8. The van der Waals surface area contributed by atoms with Crippen LogP contribution in [0.3, 0.4) is 0 Å². The minimum atomic E-state index is -0.602. The fraction of sp³-hybridized carbons (Fsp3) is 0. The van der Waals surface area contributed by atoms with Crippen LogP contribution < -0.4 is 4.74 Å². The van der Waals surface area contributed by atoms with Crippen LogP contribution in [0, 0.1) is 10.1 Å². The van der Waals surface area contributed by atoms with Crippen LogP contribution in [0.4, 0.5) is 5.69 Å². The summed E-state index contributed by atoms with van der Waals surface area (Å²) in [4.78, 5) is 20.6. The second-order valence-corrected chi connectivity index (χ2v) is 3.68. The average molecular weight is 268 g/mol. The number of halogens is 1. The van der Waals surface area contributed by atoms with Gasteiger partial charge in [-0.3, -0.25) is 14.9 Å². The van der Waals surface area contributed by atoms with E-state index >= 15 is 0 Å². The molecule has 7 heteroatoms. The summed E-state index contributed by atoms with van der Waals surface area (Å²) in [5.41, 5.74) is -0.247. The molecule has 0 saturated heterocycles. The van der Waals surface area contributed by atoms with Crippen molar-refractivity contribution in [1.29, 1.82) is 0 Å². The Morgan fingerprint density at radius 2 is 2.11 bits per heavy atom. The van der Waals surface area contributed by atoms with Crippen LogP contribution in [0.25, 0.3) is 0 Å². The highest BCUT2D eigenvalue weighted by Crippen LogP contribution is 2.34. The van der Waals surface area contributed by atoms with Crippen molar-refractivity contribution in [2.75, 3.05) is 0 Å². The summed E-state index contributed by atoms with van der Waals surface area (Å²) in [6, 6.07) is 6.67. The average Bonchev–Trinajstić information content (AvgIpc) is 2.76. The molecule has 92 valence electrons. The first kappa shape index (κ1) is 12.1. The van der Waals surface area contributed by atoms with Crippen LogP contribution in [-0.4, -0.2) is 11.2 Å². The molecule has 1 aromatic heterocycles. The maximum Gasteiger partial charge on any atom is 0.311 e. The Labute approximate surface area is 106 Å². The molecule has 1 heterocycles. The van der Waals surface area contributed by atoms with Gasteiger partial charge in [-0.1, -0.05) is 11.6 Å². The van der Waals surface area contributed by atoms with E-state index in [1.807, 2.05) is 0 Å². The zero-order valence-electron chi connectivity index (χ0n) is 8.83. The monoisotopic (exact) mass is 267 g/mol. The van der Waals surface area contributed by atoms with E-state index < -0.39 is 4.92 Å². The van der Waals surface area contributed by atoms with Gasteiger partial charge < -0.3 is 9.15 Å². The first-order valence-electron chi connectivity index (χ1n) is 4.77. The Hall–Kier alpha value is -2.34. The number of nitro benzene ring substituents is 1. The molecule has 2 rings (SSSR count). The number of carbonyl (C=O) groups excluding carboxylic acids is 1. The molecule has 18 heavy (non-hydrogen) atoms. The van der Waals surface area contributed by atoms with Gasteiger partial charge in [0, 0.05) is 23.2 Å². The molecule has 2 aromatic rings. The van der Waals surface area contributed by atoms with Gasteiger partial charge in [-0.2, -0.15) is 0 Å². The van der Waals surface area contributed by atoms with Crippen molar-refractivity contribution in [2.45, 2.75) is 0 Å². The molecule has 0 unspecified atom stereocenters. The second-order valence-electron chi connectivity index (χ2n) is 3.25. The lowest BCUT2D eigenvalue weighted by Crippen LogP contribution is -1.92. The van der Waals surface area contributed by atoms with Crippen LogP contribution in [0.15, 0.2) is 34.7 Å². The van der Waals surface area contributed by atoms with E-state index in [-0.39, 0.29) is 28.2 Å². The Morgan fingerprint density at radius 3 is 2.72 bits per heavy atom. The third kappa shape index (κ3) is 2.49. The summed E-state index contributed by atoms with van der Waals surface area (Å²) in [5.74, 6) is -0.0172. The Kier molecular flexibility index (Phi) is 3.29. The lowest BCUT2D eigenvalue weighted by Gasteiger charge is -2.03. The minimum absolute atomic E-state index is 0.0255. The highest BCUT2D eigenvalue weighted by molar-refractivity contribution is 6.30. The van der Waals surface area contributed by atoms with Gasteiger partial charge in [0.25, 0.3) is 5.95 Å². The van der Waals surface area contributed by atoms with Crippen LogP contribution >= 0.6 is 11.6 Å². The first-order valence-corrected chi connectivity index (χ1v) is 5.15. The minimum Gasteiger partial charge on any atom is -0.422 e. The highest BCUT2D eigenvalue weighted by Gasteiger charge is 2.17. The fourth-order valence-corrected chi connectivity index (χ4v) is 1.44. The lowest BCUT2D eigenvalue weighted by atomic mass is 10.3. The van der Waals surface area contributed by atoms with Gasteiger partial charge >= 0.3 is 5.69 Å². The van der Waals surface area contributed by atoms with Crippen LogP contribution in [0.1, 0.15) is 10.6 Å². The predicted molar refractivity (Wildman–Crippen MR) is 62.3 cm³/mol. The van der Waals surface area contributed by atoms with E-state index in [4.69, 9.17) is 20.8 Å². The quantitative estimate of drug-likeness (QED) is 0.481. The first-order chi connectivity index (χ1) is 8.60. The maximum absolute atomic E-state index is 10.8. The molecular weight excluding hydrogens is 262 g/mol. The molecule has 0 aliphatic carbocycles. The SMILES string of the molecule is O=Cc1ccc(Oc2cc(Cl)ccc2[N+](=O)[O-])o1. The molecule has 0 atom stereocenters. The molecular formula is C11H6ClNO5. The van der Waals surface area contributed by atoms with Crippen molar-refractivity contribution in [3.63, 3.8) is 0 Å². The number of hydrogen-bond donors (Lipinski definition) is 0. The molecule has 0 radical (unpaired) electrons. The number of rotatable bonds is 4. The van der Waals surface area contributed by atoms with E-state index in [9.17, 15) is 14.9 Å². The molecule has 0 aliphatic rings. The van der Waals surface area contributed by atoms with E-state index in [0.717, 1.165) is 0 Å². The zero-order valence-corrected chi connectivity index (χ0v) is 9.59. The Morgan fingerprint density at radius 1 is 1.33 bits per heavy atom. The number of nitro groups is 1. The summed E-state index contributed by atoms with van der Waals surface area (Å²) >= 11 is 5.73. The van der Waals surface area contributed by atoms with Crippen molar-refractivity contribution in [2.24, 2.45) is 0 Å². The number of furan rings is 1. The Balaban J connectivity index is 2.35. The third-order valence-corrected chi connectivity index (χ3v) is 2.28. The number of aldehydes is 1. The summed E-state index contributed by atoms with van der Waals surface area (Å²) in [7, 11) is 0. The second kappa shape index (κ2) is 4.89. The van der Waals surface area contributed by atoms with Gasteiger partial charge in [0.05, 0.1) is 4.92 Å². The van der Waals surface area contributed by atoms with Crippen LogP contribution in [0.2, 0.25) is 5.02 Å². The summed E-state index contributed by atoms with van der Waals surface area (Å²) in [5, 5.41) is 11.1. The fourth-order valence-electron chi connectivity index (χ4n) is 1.28. The predicted octanol–water partition coefficient (Wildman–Crippen LogP) is 3.45. The standard InChI is InChI=1S/C11H6ClNO5/c12-7-1-3-9(13(15)16)10(5-7)18-11-4-2-8(6-14)17-11/h1-6H. The van der Waals surface area contributed by atoms with Crippen molar-refractivity contribution in [1.82, 2.24) is 0 Å². The van der Waals surface area contributed by atoms with Crippen LogP contribution in [0.5, 0.6) is 11.7 Å². The van der Waals surface area contributed by atoms with Gasteiger partial charge in [0.1, 0.15) is 0 Å². The summed E-state index contributed by atoms with van der Waals surface area (Å²) in [6.07, 6.45) is 0.499. The number of nitrogens with zero attached hydrogens (tertiary/aromatic N) is 1. The van der Waals surface area contributed by atoms with E-state index in [0.29, 0.717) is 6.29 Å². The van der Waals surface area contributed by atoms with Crippen molar-refractivity contribution in [3.8, 4) is 11.7 Å². The molecule has 0 N–H and O–H groups in total. The molecule has 0 fully saturated rings. The molecule has 0 bridgehead atoms. The number of ether oxygens (including phenoxy) is 1. The van der Waals surface area contributed by atoms with E-state index in [2.05, 4.69) is 0 Å². The molecule has 0 aliphatic heterocycles. The molecule has 0 saturated carbocycles. The molecule has 0 spiro atoms. The number of benzene rings is 1. The van der Waals surface area contributed by atoms with Crippen molar-refractivity contribution in [3.05, 3.63) is 51.2 Å². The lowest BCUT2D eigenvalue weighted by molar-refractivity contribution is -0.385. The van der Waals surface area contributed by atoms with Crippen molar-refractivity contribution >= 4 is 23.6 Å². The smallest absolute Gasteiger partial charge is 0.311 e.